The molecule has 0 spiro atoms. The number of nitrogens with zero attached hydrogens (tertiary/aromatic N) is 3. The molecule has 6 aromatic carbocycles. The Morgan fingerprint density at radius 2 is 0.736 bits per heavy atom. The first-order valence-electron chi connectivity index (χ1n) is 45.9. The second kappa shape index (κ2) is 50.9. The van der Waals surface area contributed by atoms with Crippen molar-refractivity contribution in [3.8, 4) is 46.8 Å². The van der Waals surface area contributed by atoms with Crippen LogP contribution in [0.4, 0.5) is 4.79 Å². The van der Waals surface area contributed by atoms with Crippen molar-refractivity contribution in [1.82, 2.24) is 20.1 Å². The Labute approximate surface area is 815 Å². The third-order valence-electron chi connectivity index (χ3n) is 24.7. The van der Waals surface area contributed by atoms with Crippen LogP contribution in [0.3, 0.4) is 0 Å². The van der Waals surface area contributed by atoms with Crippen molar-refractivity contribution < 1.29 is 143 Å². The van der Waals surface area contributed by atoms with Gasteiger partial charge in [-0.15, -0.1) is 23.7 Å². The summed E-state index contributed by atoms with van der Waals surface area (Å²) in [5.41, 5.74) is 14.1. The highest BCUT2D eigenvalue weighted by molar-refractivity contribution is 7.89. The van der Waals surface area contributed by atoms with Crippen LogP contribution in [0.2, 0.25) is 34.9 Å². The molecule has 6 atom stereocenters. The molecule has 2 saturated heterocycles. The lowest BCUT2D eigenvalue weighted by Crippen LogP contribution is -2.38. The maximum Gasteiger partial charge on any atom is 0.526 e. The number of fused-ring (bicyclic) bond motifs is 6. The fourth-order valence-corrected chi connectivity index (χ4v) is 18.5. The Kier molecular flexibility index (Phi) is 39.8. The lowest BCUT2D eigenvalue weighted by Gasteiger charge is -2.28. The summed E-state index contributed by atoms with van der Waals surface area (Å²) in [5.74, 6) is 0.180. The van der Waals surface area contributed by atoms with Gasteiger partial charge in [0.25, 0.3) is 0 Å². The summed E-state index contributed by atoms with van der Waals surface area (Å²) in [6.45, 7) is 9.29. The Balaban J connectivity index is 0.000000173. The number of sulfonamides is 1. The van der Waals surface area contributed by atoms with E-state index in [9.17, 15) is 115 Å². The minimum Gasteiger partial charge on any atom is -0.535 e. The van der Waals surface area contributed by atoms with Gasteiger partial charge < -0.3 is 74.0 Å². The number of hydrogen-bond acceptors (Lipinski definition) is 32. The number of ketones is 12. The van der Waals surface area contributed by atoms with Crippen molar-refractivity contribution in [2.24, 2.45) is 10.9 Å². The molecule has 0 saturated carbocycles. The van der Waals surface area contributed by atoms with Gasteiger partial charge in [-0.1, -0.05) is 72.8 Å². The Morgan fingerprint density at radius 3 is 1.01 bits per heavy atom. The molecule has 0 radical (unpaired) electrons. The van der Waals surface area contributed by atoms with Crippen LogP contribution >= 0.6 is 11.3 Å². The van der Waals surface area contributed by atoms with E-state index in [1.807, 2.05) is 24.3 Å². The summed E-state index contributed by atoms with van der Waals surface area (Å²) in [6.07, 6.45) is 13.8. The number of aromatic nitrogens is 1. The number of nitrogens with two attached hydrogens (primary N) is 2. The summed E-state index contributed by atoms with van der Waals surface area (Å²) in [7, 11) is -10.5. The topological polar surface area (TPSA) is 567 Å². The van der Waals surface area contributed by atoms with E-state index >= 15 is 0 Å². The molecule has 0 bridgehead atoms. The SMILES string of the molecule is C#CCCC(=O)C[C@H]1Cc2cccc(C(C)=O)c2OB1O.CC(=O)c1cccc2c1OB(O)[C@@H](CC(=O)CCN1C(=O)CCC1=O)C2.CC(=O)c1cccc2c1OB(O)[C@@H](CC(=O)CCS(N)(=O)=O)C2.CC(=O)c1cccc2c1OB(O)[C@@H](CC(=O)CCc1cncs1)C2.CC(=O)c1cccc2c1OB(O)[C@@H](CC(=O)CN1CCCC1=O)C2.CC(=O)c1cccc2c1OB(O)[C@@H](CC(=O)CNC(N)=O)C2. The Hall–Kier alpha value is -12.7. The summed E-state index contributed by atoms with van der Waals surface area (Å²) in [5, 5.41) is 67.9. The molecular weight excluding hydrogens is 1850 g/mol. The molecule has 8 aliphatic heterocycles. The molecule has 9 heterocycles. The van der Waals surface area contributed by atoms with Crippen LogP contribution in [0, 0.1) is 12.3 Å². The lowest BCUT2D eigenvalue weighted by atomic mass is 9.64. The zero-order valence-corrected chi connectivity index (χ0v) is 80.1. The van der Waals surface area contributed by atoms with Crippen molar-refractivity contribution in [1.29, 1.82) is 0 Å². The van der Waals surface area contributed by atoms with Gasteiger partial charge in [-0.05, 0) is 163 Å². The van der Waals surface area contributed by atoms with Crippen LogP contribution in [0.1, 0.15) is 238 Å². The van der Waals surface area contributed by atoms with Gasteiger partial charge in [-0.3, -0.25) is 81.8 Å². The number of nitrogens with one attached hydrogen (secondary N) is 1. The average Bonchev–Trinajstić information content (AvgIpc) is 1.04. The van der Waals surface area contributed by atoms with E-state index in [0.717, 1.165) is 49.6 Å². The van der Waals surface area contributed by atoms with Gasteiger partial charge in [-0.2, -0.15) is 0 Å². The van der Waals surface area contributed by atoms with Crippen LogP contribution in [0.25, 0.3) is 0 Å². The number of primary sulfonamides is 1. The molecule has 2 fully saturated rings. The number of benzene rings is 6. The first-order chi connectivity index (χ1) is 66.4. The quantitative estimate of drug-likeness (QED) is 0.00819. The molecule has 11 N–H and O–H groups in total. The van der Waals surface area contributed by atoms with Gasteiger partial charge in [0, 0.05) is 149 Å². The summed E-state index contributed by atoms with van der Waals surface area (Å²) in [6, 6.07) is 30.7. The first-order valence-corrected chi connectivity index (χ1v) is 48.4. The smallest absolute Gasteiger partial charge is 0.526 e. The molecule has 1 aromatic heterocycles. The van der Waals surface area contributed by atoms with Crippen molar-refractivity contribution in [2.75, 3.05) is 31.9 Å². The monoisotopic (exact) mass is 1960 g/mol. The number of carbonyl (C=O) groups excluding carboxylic acids is 16. The van der Waals surface area contributed by atoms with Crippen LogP contribution in [-0.2, 0) is 98.1 Å². The number of likely N-dealkylation sites (tertiary alicyclic amines) is 2. The van der Waals surface area contributed by atoms with Gasteiger partial charge in [0.2, 0.25) is 27.7 Å². The standard InChI is InChI=1S/C18H20BNO6.C17H20BNO5.C17H18BNO4S.C16H17BO4.C14H17BN2O5.C14H18BNO6S/c1-11(21)15-4-2-3-12-9-13(19(25)26-18(12)15)10-14(22)7-8-20-16(23)5-6-17(20)24;1-11(20)15-5-2-4-12-8-13(18(23)24-17(12)15)9-14(21)10-19-7-3-6-16(19)22;1-11(20)16-4-2-3-12-7-13(18(22)23-17(12)16)8-14(21)5-6-15-9-19-10-24-15;1-3-4-7-14(19)10-13-9-12-6-5-8-15(11(2)18)16(12)21-17(13)20;1-8(18)12-4-2-3-9-5-10(15(21)22-13(9)12)6-11(19)7-17-14(16)20;1-9(17)13-4-2-3-10-7-11(15(19)22-14(10)13)8-12(18)5-6-23(16,20)21/h2-4,13,25H,5-10H2,1H3;2,4-5,13,23H,3,6-10H2,1H3;2-4,9-10,13,22H,5-8H2,1H3;1,5-6,8,13,20H,4,7,9-10H2,2H3;2-4,10,21H,5-7H2,1H3,(H3,16,17,20);2-4,11,19H,5-8H2,1H3,(H2,16,20,21)/t4*13-;10-;11-/m111111/s1. The van der Waals surface area contributed by atoms with Gasteiger partial charge in [0.05, 0.1) is 57.7 Å². The molecule has 7 aromatic rings. The summed E-state index contributed by atoms with van der Waals surface area (Å²) in [4.78, 5) is 195. The highest BCUT2D eigenvalue weighted by atomic mass is 32.2. The molecule has 734 valence electrons. The summed E-state index contributed by atoms with van der Waals surface area (Å²) < 4.78 is 54.7. The zero-order chi connectivity index (χ0) is 102. The molecule has 15 rings (SSSR count). The number of imide groups is 1. The van der Waals surface area contributed by atoms with E-state index in [4.69, 9.17) is 45.2 Å². The maximum atomic E-state index is 12.2. The molecule has 140 heavy (non-hydrogen) atoms. The molecule has 44 heteroatoms. The average molecular weight is 1960 g/mol. The largest absolute Gasteiger partial charge is 0.535 e. The number of aryl methyl sites for hydroxylation is 1. The normalized spacial score (nSPS) is 17.8. The van der Waals surface area contributed by atoms with E-state index in [0.29, 0.717) is 145 Å². The Morgan fingerprint density at radius 1 is 0.436 bits per heavy atom. The fraction of sp³-hybridized carbons (Fsp3) is 0.406. The van der Waals surface area contributed by atoms with Gasteiger partial charge >= 0.3 is 48.7 Å². The zero-order valence-electron chi connectivity index (χ0n) is 78.4. The number of terminal acetylenes is 1. The Bertz CT molecular complexity index is 6000. The van der Waals surface area contributed by atoms with Gasteiger partial charge in [0.1, 0.15) is 57.6 Å². The minimum absolute atomic E-state index is 0.0135. The van der Waals surface area contributed by atoms with Crippen LogP contribution in [-0.4, -0.2) is 221 Å². The second-order valence-electron chi connectivity index (χ2n) is 35.5. The summed E-state index contributed by atoms with van der Waals surface area (Å²) >= 11 is 1.54. The van der Waals surface area contributed by atoms with Gasteiger partial charge in [-0.25, -0.2) is 18.4 Å². The van der Waals surface area contributed by atoms with Gasteiger partial charge in [0.15, 0.2) is 46.3 Å². The predicted octanol–water partition coefficient (Wildman–Crippen LogP) is 7.82. The third-order valence-corrected chi connectivity index (χ3v) is 26.3. The van der Waals surface area contributed by atoms with Crippen LogP contribution < -0.4 is 44.1 Å². The molecule has 5 amide bonds. The molecule has 0 aliphatic carbocycles. The van der Waals surface area contributed by atoms with Crippen molar-refractivity contribution in [2.45, 2.75) is 218 Å². The number of primary amides is 1. The predicted molar refractivity (Wildman–Crippen MR) is 518 cm³/mol. The lowest BCUT2D eigenvalue weighted by molar-refractivity contribution is -0.139. The second-order valence-corrected chi connectivity index (χ2v) is 38.2. The number of para-hydroxylation sites is 6. The number of carbonyl (C=O) groups is 16. The molecule has 8 aliphatic rings. The van der Waals surface area contributed by atoms with Crippen LogP contribution in [0.5, 0.6) is 34.5 Å². The molecular formula is C96H110B6N6O30S2. The number of Topliss-reactive ketones (excluding diaryl/α,β-unsaturated/α-hetero) is 12. The van der Waals surface area contributed by atoms with E-state index in [2.05, 4.69) is 16.2 Å². The number of rotatable bonds is 33. The highest BCUT2D eigenvalue weighted by Gasteiger charge is 2.45. The van der Waals surface area contributed by atoms with Crippen LogP contribution in [0.15, 0.2) is 121 Å². The number of thiazole rings is 1. The number of amides is 5. The number of urea groups is 1. The van der Waals surface area contributed by atoms with Crippen molar-refractivity contribution >= 4 is 157 Å². The van der Waals surface area contributed by atoms with Crippen molar-refractivity contribution in [3.63, 3.8) is 0 Å². The molecule has 0 unspecified atom stereocenters. The van der Waals surface area contributed by atoms with E-state index < -0.39 is 82.0 Å². The first kappa shape index (κ1) is 109. The van der Waals surface area contributed by atoms with E-state index in [1.54, 1.807) is 102 Å². The molecule has 36 nitrogen and oxygen atoms in total. The van der Waals surface area contributed by atoms with E-state index in [1.165, 1.54) is 52.9 Å². The maximum absolute atomic E-state index is 12.2. The highest BCUT2D eigenvalue weighted by Crippen LogP contribution is 2.44. The third kappa shape index (κ3) is 30.9. The number of hydrogen-bond donors (Lipinski definition) is 9. The minimum atomic E-state index is -3.69. The van der Waals surface area contributed by atoms with E-state index in [-0.39, 0.29) is 188 Å². The fourth-order valence-electron chi connectivity index (χ4n) is 17.4. The van der Waals surface area contributed by atoms with Crippen molar-refractivity contribution in [3.05, 3.63) is 193 Å².